The van der Waals surface area contributed by atoms with Crippen LogP contribution in [0.15, 0.2) is 51.9 Å². The molecule has 1 aliphatic heterocycles. The molecule has 0 bridgehead atoms. The topological polar surface area (TPSA) is 65.9 Å². The number of aliphatic imine (C=N–C) groups is 1. The summed E-state index contributed by atoms with van der Waals surface area (Å²) in [7, 11) is 0. The highest BCUT2D eigenvalue weighted by Crippen LogP contribution is 2.18. The molecule has 7 heteroatoms. The van der Waals surface area contributed by atoms with Gasteiger partial charge in [-0.05, 0) is 43.2 Å². The van der Waals surface area contributed by atoms with Crippen LogP contribution < -0.4 is 10.6 Å². The van der Waals surface area contributed by atoms with E-state index in [0.29, 0.717) is 23.8 Å². The SMILES string of the molecule is Oc1cccc(NC(=NCc2cc(Br)ccc2F)NCC2CCCO2)c1. The maximum Gasteiger partial charge on any atom is 0.196 e. The first kappa shape index (κ1) is 18.7. The summed E-state index contributed by atoms with van der Waals surface area (Å²) >= 11 is 3.35. The van der Waals surface area contributed by atoms with E-state index in [-0.39, 0.29) is 24.2 Å². The summed E-state index contributed by atoms with van der Waals surface area (Å²) in [6.45, 7) is 1.58. The fraction of sp³-hybridized carbons (Fsp3) is 0.316. The van der Waals surface area contributed by atoms with Crippen molar-refractivity contribution in [2.24, 2.45) is 4.99 Å². The third-order valence-electron chi connectivity index (χ3n) is 4.05. The van der Waals surface area contributed by atoms with Gasteiger partial charge in [-0.25, -0.2) is 9.38 Å². The second-order valence-corrected chi connectivity index (χ2v) is 7.01. The zero-order valence-electron chi connectivity index (χ0n) is 14.2. The first-order valence-electron chi connectivity index (χ1n) is 8.50. The maximum absolute atomic E-state index is 13.9. The van der Waals surface area contributed by atoms with Crippen LogP contribution in [0.1, 0.15) is 18.4 Å². The molecule has 3 N–H and O–H groups in total. The molecule has 2 aromatic carbocycles. The standard InChI is InChI=1S/C19H21BrFN3O2/c20-14-6-7-18(21)13(9-14)11-22-19(23-12-17-5-2-8-26-17)24-15-3-1-4-16(25)10-15/h1,3-4,6-7,9-10,17,25H,2,5,8,11-12H2,(H2,22,23,24). The molecule has 1 saturated heterocycles. The van der Waals surface area contributed by atoms with E-state index in [9.17, 15) is 9.50 Å². The molecule has 1 atom stereocenters. The lowest BCUT2D eigenvalue weighted by molar-refractivity contribution is 0.114. The number of nitrogens with one attached hydrogen (secondary N) is 2. The molecule has 138 valence electrons. The fourth-order valence-corrected chi connectivity index (χ4v) is 3.11. The highest BCUT2D eigenvalue weighted by molar-refractivity contribution is 9.10. The Bertz CT molecular complexity index is 779. The number of phenolic OH excluding ortho intramolecular Hbond substituents is 1. The van der Waals surface area contributed by atoms with Crippen LogP contribution in [-0.2, 0) is 11.3 Å². The lowest BCUT2D eigenvalue weighted by Gasteiger charge is -2.16. The molecule has 1 heterocycles. The third kappa shape index (κ3) is 5.44. The van der Waals surface area contributed by atoms with Crippen molar-refractivity contribution in [1.29, 1.82) is 0 Å². The average molecular weight is 422 g/mol. The van der Waals surface area contributed by atoms with Gasteiger partial charge in [0.15, 0.2) is 5.96 Å². The molecule has 1 fully saturated rings. The van der Waals surface area contributed by atoms with Gasteiger partial charge in [-0.3, -0.25) is 0 Å². The molecule has 0 spiro atoms. The van der Waals surface area contributed by atoms with E-state index >= 15 is 0 Å². The number of phenols is 1. The minimum atomic E-state index is -0.298. The Balaban J connectivity index is 1.72. The van der Waals surface area contributed by atoms with E-state index < -0.39 is 0 Å². The average Bonchev–Trinajstić information content (AvgIpc) is 3.13. The van der Waals surface area contributed by atoms with E-state index in [1.807, 2.05) is 6.07 Å². The fourth-order valence-electron chi connectivity index (χ4n) is 2.70. The smallest absolute Gasteiger partial charge is 0.196 e. The highest BCUT2D eigenvalue weighted by atomic mass is 79.9. The number of hydrogen-bond donors (Lipinski definition) is 3. The first-order chi connectivity index (χ1) is 12.6. The molecule has 1 unspecified atom stereocenters. The number of anilines is 1. The minimum absolute atomic E-state index is 0.147. The Labute approximate surface area is 160 Å². The number of ether oxygens (including phenoxy) is 1. The predicted octanol–water partition coefficient (Wildman–Crippen LogP) is 4.03. The van der Waals surface area contributed by atoms with Gasteiger partial charge in [0, 0.05) is 34.9 Å². The molecule has 0 aromatic heterocycles. The molecular formula is C19H21BrFN3O2. The normalized spacial score (nSPS) is 17.3. The lowest BCUT2D eigenvalue weighted by atomic mass is 10.2. The van der Waals surface area contributed by atoms with E-state index in [0.717, 1.165) is 23.9 Å². The number of benzene rings is 2. The van der Waals surface area contributed by atoms with Crippen LogP contribution in [0.3, 0.4) is 0 Å². The van der Waals surface area contributed by atoms with Crippen molar-refractivity contribution >= 4 is 27.6 Å². The third-order valence-corrected chi connectivity index (χ3v) is 4.54. The Morgan fingerprint density at radius 1 is 1.31 bits per heavy atom. The van der Waals surface area contributed by atoms with Crippen molar-refractivity contribution in [1.82, 2.24) is 5.32 Å². The maximum atomic E-state index is 13.9. The number of hydrogen-bond acceptors (Lipinski definition) is 3. The summed E-state index contributed by atoms with van der Waals surface area (Å²) in [4.78, 5) is 4.48. The van der Waals surface area contributed by atoms with Gasteiger partial charge in [0.25, 0.3) is 0 Å². The lowest BCUT2D eigenvalue weighted by Crippen LogP contribution is -2.36. The summed E-state index contributed by atoms with van der Waals surface area (Å²) in [6, 6.07) is 11.5. The van der Waals surface area contributed by atoms with E-state index in [1.165, 1.54) is 6.07 Å². The van der Waals surface area contributed by atoms with Crippen LogP contribution >= 0.6 is 15.9 Å². The van der Waals surface area contributed by atoms with Gasteiger partial charge < -0.3 is 20.5 Å². The Hall–Kier alpha value is -2.12. The van der Waals surface area contributed by atoms with Gasteiger partial charge in [-0.1, -0.05) is 22.0 Å². The summed E-state index contributed by atoms with van der Waals surface area (Å²) in [5.74, 6) is 0.366. The summed E-state index contributed by atoms with van der Waals surface area (Å²) in [5, 5.41) is 16.0. The number of nitrogens with zero attached hydrogens (tertiary/aromatic N) is 1. The number of rotatable bonds is 5. The zero-order chi connectivity index (χ0) is 18.4. The number of aromatic hydroxyl groups is 1. The van der Waals surface area contributed by atoms with Crippen molar-refractivity contribution in [3.8, 4) is 5.75 Å². The van der Waals surface area contributed by atoms with Crippen LogP contribution in [0, 0.1) is 5.82 Å². The summed E-state index contributed by atoms with van der Waals surface area (Å²) in [6.07, 6.45) is 2.21. The van der Waals surface area contributed by atoms with Crippen LogP contribution in [0.5, 0.6) is 5.75 Å². The Morgan fingerprint density at radius 2 is 2.19 bits per heavy atom. The van der Waals surface area contributed by atoms with Crippen LogP contribution in [0.25, 0.3) is 0 Å². The molecule has 2 aromatic rings. The zero-order valence-corrected chi connectivity index (χ0v) is 15.8. The summed E-state index contributed by atoms with van der Waals surface area (Å²) in [5.41, 5.74) is 1.19. The minimum Gasteiger partial charge on any atom is -0.508 e. The van der Waals surface area contributed by atoms with Crippen molar-refractivity contribution < 1.29 is 14.2 Å². The Kier molecular flexibility index (Phi) is 6.46. The van der Waals surface area contributed by atoms with E-state index in [1.54, 1.807) is 30.3 Å². The second kappa shape index (κ2) is 9.00. The highest BCUT2D eigenvalue weighted by Gasteiger charge is 2.16. The Morgan fingerprint density at radius 3 is 2.96 bits per heavy atom. The predicted molar refractivity (Wildman–Crippen MR) is 104 cm³/mol. The van der Waals surface area contributed by atoms with Gasteiger partial charge in [-0.15, -0.1) is 0 Å². The number of halogens is 2. The van der Waals surface area contributed by atoms with Gasteiger partial charge >= 0.3 is 0 Å². The first-order valence-corrected chi connectivity index (χ1v) is 9.29. The second-order valence-electron chi connectivity index (χ2n) is 6.09. The van der Waals surface area contributed by atoms with Crippen LogP contribution in [0.2, 0.25) is 0 Å². The van der Waals surface area contributed by atoms with Gasteiger partial charge in [0.2, 0.25) is 0 Å². The van der Waals surface area contributed by atoms with Crippen LogP contribution in [0.4, 0.5) is 10.1 Å². The molecule has 0 saturated carbocycles. The molecule has 0 aliphatic carbocycles. The van der Waals surface area contributed by atoms with Crippen molar-refractivity contribution in [2.45, 2.75) is 25.5 Å². The van der Waals surface area contributed by atoms with Crippen molar-refractivity contribution in [2.75, 3.05) is 18.5 Å². The molecule has 3 rings (SSSR count). The largest absolute Gasteiger partial charge is 0.508 e. The number of guanidine groups is 1. The van der Waals surface area contributed by atoms with Crippen molar-refractivity contribution in [3.05, 3.63) is 58.3 Å². The monoisotopic (exact) mass is 421 g/mol. The van der Waals surface area contributed by atoms with E-state index in [4.69, 9.17) is 4.74 Å². The molecule has 0 radical (unpaired) electrons. The van der Waals surface area contributed by atoms with Crippen LogP contribution in [-0.4, -0.2) is 30.3 Å². The molecular weight excluding hydrogens is 401 g/mol. The summed E-state index contributed by atoms with van der Waals surface area (Å²) < 4.78 is 20.4. The molecule has 26 heavy (non-hydrogen) atoms. The van der Waals surface area contributed by atoms with Gasteiger partial charge in [-0.2, -0.15) is 0 Å². The molecule has 5 nitrogen and oxygen atoms in total. The van der Waals surface area contributed by atoms with Gasteiger partial charge in [0.05, 0.1) is 12.6 Å². The van der Waals surface area contributed by atoms with Gasteiger partial charge in [0.1, 0.15) is 11.6 Å². The molecule has 0 amide bonds. The molecule has 1 aliphatic rings. The quantitative estimate of drug-likeness (QED) is 0.503. The van der Waals surface area contributed by atoms with E-state index in [2.05, 4.69) is 31.6 Å². The van der Waals surface area contributed by atoms with Crippen molar-refractivity contribution in [3.63, 3.8) is 0 Å².